The van der Waals surface area contributed by atoms with E-state index in [1.165, 1.54) is 12.8 Å². The van der Waals surface area contributed by atoms with E-state index in [-0.39, 0.29) is 6.10 Å². The molecule has 0 amide bonds. The Bertz CT molecular complexity index is 237. The molecular weight excluding hydrogens is 204 g/mol. The van der Waals surface area contributed by atoms with Gasteiger partial charge in [0.15, 0.2) is 5.79 Å². The fourth-order valence-corrected chi connectivity index (χ4v) is 3.71. The molecule has 0 heterocycles. The molecule has 2 saturated carbocycles. The highest BCUT2D eigenvalue weighted by molar-refractivity contribution is 5.07. The summed E-state index contributed by atoms with van der Waals surface area (Å²) in [6.45, 7) is 2.20. The fraction of sp³-hybridized carbons (Fsp3) is 1.00. The maximum absolute atomic E-state index is 10.1. The van der Waals surface area contributed by atoms with E-state index in [0.29, 0.717) is 17.8 Å². The zero-order chi connectivity index (χ0) is 11.8. The Hall–Kier alpha value is -0.120. The molecule has 94 valence electrons. The molecule has 0 radical (unpaired) electrons. The van der Waals surface area contributed by atoms with Crippen molar-refractivity contribution in [1.29, 1.82) is 0 Å². The molecule has 0 saturated heterocycles. The number of unbranched alkanes of at least 4 members (excludes halogenated alkanes) is 1. The highest BCUT2D eigenvalue weighted by Gasteiger charge is 2.62. The summed E-state index contributed by atoms with van der Waals surface area (Å²) >= 11 is 0. The van der Waals surface area contributed by atoms with Crippen LogP contribution >= 0.6 is 0 Å². The molecule has 0 spiro atoms. The van der Waals surface area contributed by atoms with Gasteiger partial charge in [0, 0.05) is 26.6 Å². The Morgan fingerprint density at radius 2 is 2.00 bits per heavy atom. The lowest BCUT2D eigenvalue weighted by molar-refractivity contribution is -0.307. The van der Waals surface area contributed by atoms with Crippen molar-refractivity contribution in [1.82, 2.24) is 0 Å². The Labute approximate surface area is 98.1 Å². The van der Waals surface area contributed by atoms with Crippen LogP contribution in [0.2, 0.25) is 0 Å². The van der Waals surface area contributed by atoms with Gasteiger partial charge in [-0.3, -0.25) is 0 Å². The van der Waals surface area contributed by atoms with Crippen LogP contribution in [0.25, 0.3) is 0 Å². The van der Waals surface area contributed by atoms with Crippen LogP contribution in [0.5, 0.6) is 0 Å². The second-order valence-electron chi connectivity index (χ2n) is 5.30. The first kappa shape index (κ1) is 12.3. The zero-order valence-corrected chi connectivity index (χ0v) is 10.6. The van der Waals surface area contributed by atoms with E-state index >= 15 is 0 Å². The molecule has 4 unspecified atom stereocenters. The summed E-state index contributed by atoms with van der Waals surface area (Å²) in [6.07, 6.45) is 5.24. The maximum Gasteiger partial charge on any atom is 0.170 e. The average Bonchev–Trinajstić information content (AvgIpc) is 2.53. The number of hydrogen-bond acceptors (Lipinski definition) is 3. The minimum absolute atomic E-state index is 0.145. The molecule has 0 bridgehead atoms. The molecule has 2 fully saturated rings. The minimum atomic E-state index is -0.396. The SMILES string of the molecule is CCCCC1C(O)CC2C1CC2(OC)OC. The normalized spacial score (nSPS) is 40.5. The first-order valence-electron chi connectivity index (χ1n) is 6.47. The predicted molar refractivity (Wildman–Crippen MR) is 62.0 cm³/mol. The van der Waals surface area contributed by atoms with Crippen molar-refractivity contribution in [3.63, 3.8) is 0 Å². The molecule has 2 aliphatic rings. The molecular formula is C13H24O3. The van der Waals surface area contributed by atoms with Crippen LogP contribution in [0, 0.1) is 17.8 Å². The highest BCUT2D eigenvalue weighted by atomic mass is 16.7. The van der Waals surface area contributed by atoms with Crippen LogP contribution in [0.4, 0.5) is 0 Å². The van der Waals surface area contributed by atoms with Gasteiger partial charge in [0.25, 0.3) is 0 Å². The van der Waals surface area contributed by atoms with Crippen LogP contribution in [-0.4, -0.2) is 31.2 Å². The molecule has 4 atom stereocenters. The van der Waals surface area contributed by atoms with Crippen LogP contribution < -0.4 is 0 Å². The second-order valence-corrected chi connectivity index (χ2v) is 5.30. The van der Waals surface area contributed by atoms with E-state index in [2.05, 4.69) is 6.92 Å². The smallest absolute Gasteiger partial charge is 0.170 e. The quantitative estimate of drug-likeness (QED) is 0.733. The van der Waals surface area contributed by atoms with Gasteiger partial charge in [0.05, 0.1) is 6.10 Å². The lowest BCUT2D eigenvalue weighted by Crippen LogP contribution is -2.55. The lowest BCUT2D eigenvalue weighted by Gasteiger charge is -2.51. The lowest BCUT2D eigenvalue weighted by atomic mass is 9.66. The number of hydrogen-bond donors (Lipinski definition) is 1. The third-order valence-corrected chi connectivity index (χ3v) is 4.72. The van der Waals surface area contributed by atoms with Gasteiger partial charge in [-0.1, -0.05) is 19.8 Å². The molecule has 0 aromatic heterocycles. The largest absolute Gasteiger partial charge is 0.393 e. The van der Waals surface area contributed by atoms with Crippen LogP contribution in [0.15, 0.2) is 0 Å². The molecule has 0 aromatic rings. The van der Waals surface area contributed by atoms with Crippen LogP contribution in [0.3, 0.4) is 0 Å². The Kier molecular flexibility index (Phi) is 3.57. The topological polar surface area (TPSA) is 38.7 Å². The van der Waals surface area contributed by atoms with Crippen molar-refractivity contribution < 1.29 is 14.6 Å². The summed E-state index contributed by atoms with van der Waals surface area (Å²) in [5, 5.41) is 10.1. The Morgan fingerprint density at radius 1 is 1.31 bits per heavy atom. The van der Waals surface area contributed by atoms with Gasteiger partial charge in [-0.25, -0.2) is 0 Å². The van der Waals surface area contributed by atoms with Gasteiger partial charge in [-0.2, -0.15) is 0 Å². The Balaban J connectivity index is 1.98. The van der Waals surface area contributed by atoms with E-state index < -0.39 is 5.79 Å². The van der Waals surface area contributed by atoms with Crippen molar-refractivity contribution >= 4 is 0 Å². The Morgan fingerprint density at radius 3 is 2.56 bits per heavy atom. The molecule has 3 heteroatoms. The number of aliphatic hydroxyl groups is 1. The third kappa shape index (κ3) is 1.69. The molecule has 0 aliphatic heterocycles. The standard InChI is InChI=1S/C13H24O3/c1-4-5-6-9-10-8-13(15-2,16-3)11(10)7-12(9)14/h9-12,14H,4-8H2,1-3H3. The van der Waals surface area contributed by atoms with E-state index in [1.807, 2.05) is 0 Å². The van der Waals surface area contributed by atoms with Gasteiger partial charge >= 0.3 is 0 Å². The van der Waals surface area contributed by atoms with Gasteiger partial charge in [-0.05, 0) is 24.7 Å². The summed E-state index contributed by atoms with van der Waals surface area (Å²) < 4.78 is 11.0. The maximum atomic E-state index is 10.1. The van der Waals surface area contributed by atoms with Gasteiger partial charge in [0.1, 0.15) is 0 Å². The van der Waals surface area contributed by atoms with Gasteiger partial charge in [0.2, 0.25) is 0 Å². The molecule has 2 rings (SSSR count). The molecule has 1 N–H and O–H groups in total. The fourth-order valence-electron chi connectivity index (χ4n) is 3.71. The van der Waals surface area contributed by atoms with Gasteiger partial charge in [-0.15, -0.1) is 0 Å². The molecule has 2 aliphatic carbocycles. The number of aliphatic hydroxyl groups excluding tert-OH is 1. The number of rotatable bonds is 5. The molecule has 0 aromatic carbocycles. The van der Waals surface area contributed by atoms with Crippen molar-refractivity contribution in [2.24, 2.45) is 17.8 Å². The van der Waals surface area contributed by atoms with E-state index in [4.69, 9.17) is 9.47 Å². The number of fused-ring (bicyclic) bond motifs is 1. The third-order valence-electron chi connectivity index (χ3n) is 4.72. The predicted octanol–water partition coefficient (Wildman–Crippen LogP) is 2.18. The zero-order valence-electron chi connectivity index (χ0n) is 10.6. The average molecular weight is 228 g/mol. The first-order chi connectivity index (χ1) is 7.68. The summed E-state index contributed by atoms with van der Waals surface area (Å²) in [6, 6.07) is 0. The van der Waals surface area contributed by atoms with E-state index in [0.717, 1.165) is 19.3 Å². The summed E-state index contributed by atoms with van der Waals surface area (Å²) in [5.74, 6) is 1.09. The van der Waals surface area contributed by atoms with Crippen molar-refractivity contribution in [2.75, 3.05) is 14.2 Å². The summed E-state index contributed by atoms with van der Waals surface area (Å²) in [5.41, 5.74) is 0. The van der Waals surface area contributed by atoms with Crippen molar-refractivity contribution in [2.45, 2.75) is 50.9 Å². The van der Waals surface area contributed by atoms with Crippen molar-refractivity contribution in [3.05, 3.63) is 0 Å². The number of methoxy groups -OCH3 is 2. The van der Waals surface area contributed by atoms with Crippen LogP contribution in [-0.2, 0) is 9.47 Å². The van der Waals surface area contributed by atoms with Crippen molar-refractivity contribution in [3.8, 4) is 0 Å². The molecule has 16 heavy (non-hydrogen) atoms. The minimum Gasteiger partial charge on any atom is -0.393 e. The monoisotopic (exact) mass is 228 g/mol. The number of ether oxygens (including phenoxy) is 2. The van der Waals surface area contributed by atoms with E-state index in [1.54, 1.807) is 14.2 Å². The molecule has 3 nitrogen and oxygen atoms in total. The second kappa shape index (κ2) is 4.63. The van der Waals surface area contributed by atoms with Gasteiger partial charge < -0.3 is 14.6 Å². The van der Waals surface area contributed by atoms with Crippen LogP contribution in [0.1, 0.15) is 39.0 Å². The summed E-state index contributed by atoms with van der Waals surface area (Å²) in [7, 11) is 3.43. The highest BCUT2D eigenvalue weighted by Crippen LogP contribution is 2.59. The van der Waals surface area contributed by atoms with E-state index in [9.17, 15) is 5.11 Å². The first-order valence-corrected chi connectivity index (χ1v) is 6.47. The summed E-state index contributed by atoms with van der Waals surface area (Å²) in [4.78, 5) is 0.